The Kier molecular flexibility index (Phi) is 7.35. The first-order valence-electron chi connectivity index (χ1n) is 6.34. The summed E-state index contributed by atoms with van der Waals surface area (Å²) in [5, 5.41) is 17.6. The van der Waals surface area contributed by atoms with Crippen LogP contribution in [0.4, 0.5) is 0 Å². The number of hydrogen-bond acceptors (Lipinski definition) is 4. The average molecular weight is 258 g/mol. The van der Waals surface area contributed by atoms with Crippen molar-refractivity contribution in [3.8, 4) is 0 Å². The van der Waals surface area contributed by atoms with Gasteiger partial charge in [-0.05, 0) is 26.3 Å². The number of carbonyl (C=O) groups is 1. The summed E-state index contributed by atoms with van der Waals surface area (Å²) in [7, 11) is 0. The van der Waals surface area contributed by atoms with Gasteiger partial charge in [0.25, 0.3) is 0 Å². The second kappa shape index (κ2) is 7.92. The fraction of sp³-hybridized carbons (Fsp3) is 0.833. The van der Waals surface area contributed by atoms with E-state index >= 15 is 0 Å². The maximum atomic E-state index is 11.6. The maximum absolute atomic E-state index is 11.6. The highest BCUT2D eigenvalue weighted by atomic mass is 16.4. The third-order valence-electron chi connectivity index (χ3n) is 2.94. The molecule has 0 spiro atoms. The van der Waals surface area contributed by atoms with Crippen molar-refractivity contribution in [2.24, 2.45) is 16.3 Å². The zero-order valence-electron chi connectivity index (χ0n) is 11.8. The Labute approximate surface area is 109 Å². The Balaban J connectivity index is 4.00. The van der Waals surface area contributed by atoms with Crippen LogP contribution < -0.4 is 16.4 Å². The third-order valence-corrected chi connectivity index (χ3v) is 2.94. The molecule has 106 valence electrons. The Bertz CT molecular complexity index is 290. The number of hydrogen-bond donors (Lipinski definition) is 4. The lowest BCUT2D eigenvalue weighted by molar-refractivity contribution is -0.122. The molecule has 0 aromatic rings. The summed E-state index contributed by atoms with van der Waals surface area (Å²) in [4.78, 5) is 11.6. The Morgan fingerprint density at radius 1 is 1.44 bits per heavy atom. The van der Waals surface area contributed by atoms with E-state index in [1.54, 1.807) is 0 Å². The predicted octanol–water partition coefficient (Wildman–Crippen LogP) is 0.653. The lowest BCUT2D eigenvalue weighted by Gasteiger charge is -2.23. The Morgan fingerprint density at radius 2 is 2.06 bits per heavy atom. The number of amidine groups is 1. The van der Waals surface area contributed by atoms with Crippen LogP contribution in [-0.4, -0.2) is 36.1 Å². The molecule has 1 amide bonds. The fourth-order valence-corrected chi connectivity index (χ4v) is 1.36. The summed E-state index contributed by atoms with van der Waals surface area (Å²) in [6.45, 7) is 8.95. The zero-order valence-corrected chi connectivity index (χ0v) is 11.8. The van der Waals surface area contributed by atoms with Gasteiger partial charge in [0.15, 0.2) is 0 Å². The summed E-state index contributed by atoms with van der Waals surface area (Å²) >= 11 is 0. The molecule has 0 aliphatic rings. The number of carbonyl (C=O) groups excluding carboxylic acids is 1. The lowest BCUT2D eigenvalue weighted by Crippen LogP contribution is -2.44. The van der Waals surface area contributed by atoms with Crippen molar-refractivity contribution in [2.45, 2.75) is 46.6 Å². The van der Waals surface area contributed by atoms with Gasteiger partial charge in [-0.15, -0.1) is 0 Å². The molecule has 0 aromatic carbocycles. The van der Waals surface area contributed by atoms with Gasteiger partial charge in [0, 0.05) is 12.0 Å². The molecule has 6 nitrogen and oxygen atoms in total. The minimum atomic E-state index is -0.388. The number of amides is 1. The molecule has 5 N–H and O–H groups in total. The van der Waals surface area contributed by atoms with E-state index in [1.165, 1.54) is 0 Å². The normalized spacial score (nSPS) is 14.3. The van der Waals surface area contributed by atoms with E-state index in [9.17, 15) is 4.79 Å². The molecule has 1 unspecified atom stereocenters. The molecule has 0 saturated heterocycles. The second-order valence-corrected chi connectivity index (χ2v) is 5.09. The van der Waals surface area contributed by atoms with Crippen molar-refractivity contribution in [1.29, 1.82) is 0 Å². The maximum Gasteiger partial charge on any atom is 0.236 e. The van der Waals surface area contributed by atoms with Crippen LogP contribution in [-0.2, 0) is 4.79 Å². The van der Waals surface area contributed by atoms with Gasteiger partial charge < -0.3 is 21.6 Å². The fourth-order valence-electron chi connectivity index (χ4n) is 1.36. The smallest absolute Gasteiger partial charge is 0.236 e. The summed E-state index contributed by atoms with van der Waals surface area (Å²) < 4.78 is 0. The van der Waals surface area contributed by atoms with Crippen molar-refractivity contribution in [2.75, 3.05) is 13.1 Å². The molecule has 0 rings (SSSR count). The molecule has 0 aromatic heterocycles. The summed E-state index contributed by atoms with van der Waals surface area (Å²) in [6.07, 6.45) is 1.61. The number of oxime groups is 1. The SMILES string of the molecule is CCCNC(=O)C(C)NCCC(C)(C)C(N)=NO. The van der Waals surface area contributed by atoms with E-state index in [2.05, 4.69) is 15.8 Å². The van der Waals surface area contributed by atoms with Crippen molar-refractivity contribution < 1.29 is 10.0 Å². The van der Waals surface area contributed by atoms with Crippen LogP contribution >= 0.6 is 0 Å². The largest absolute Gasteiger partial charge is 0.409 e. The predicted molar refractivity (Wildman–Crippen MR) is 72.6 cm³/mol. The molecular formula is C12H26N4O2. The van der Waals surface area contributed by atoms with Crippen LogP contribution in [0.2, 0.25) is 0 Å². The van der Waals surface area contributed by atoms with E-state index in [0.29, 0.717) is 19.5 Å². The van der Waals surface area contributed by atoms with Gasteiger partial charge in [-0.3, -0.25) is 4.79 Å². The van der Waals surface area contributed by atoms with Crippen LogP contribution in [0.1, 0.15) is 40.5 Å². The van der Waals surface area contributed by atoms with Gasteiger partial charge in [0.1, 0.15) is 5.84 Å². The first-order valence-corrected chi connectivity index (χ1v) is 6.34. The van der Waals surface area contributed by atoms with Crippen molar-refractivity contribution in [3.05, 3.63) is 0 Å². The quantitative estimate of drug-likeness (QED) is 0.222. The highest BCUT2D eigenvalue weighted by molar-refractivity contribution is 5.85. The second-order valence-electron chi connectivity index (χ2n) is 5.09. The number of nitrogens with one attached hydrogen (secondary N) is 2. The average Bonchev–Trinajstić information content (AvgIpc) is 2.34. The van der Waals surface area contributed by atoms with E-state index in [4.69, 9.17) is 10.9 Å². The van der Waals surface area contributed by atoms with Gasteiger partial charge >= 0.3 is 0 Å². The van der Waals surface area contributed by atoms with Crippen LogP contribution in [0.15, 0.2) is 5.16 Å². The molecule has 1 atom stereocenters. The van der Waals surface area contributed by atoms with Gasteiger partial charge in [0.2, 0.25) is 5.91 Å². The van der Waals surface area contributed by atoms with E-state index in [0.717, 1.165) is 6.42 Å². The number of nitrogens with two attached hydrogens (primary N) is 1. The lowest BCUT2D eigenvalue weighted by atomic mass is 9.88. The Morgan fingerprint density at radius 3 is 2.56 bits per heavy atom. The molecule has 0 aliphatic carbocycles. The van der Waals surface area contributed by atoms with E-state index in [-0.39, 0.29) is 23.2 Å². The van der Waals surface area contributed by atoms with E-state index < -0.39 is 0 Å². The number of nitrogens with zero attached hydrogens (tertiary/aromatic N) is 1. The highest BCUT2D eigenvalue weighted by Crippen LogP contribution is 2.19. The standard InChI is InChI=1S/C12H26N4O2/c1-5-7-15-10(17)9(2)14-8-6-12(3,4)11(13)16-18/h9,14,18H,5-8H2,1-4H3,(H2,13,16)(H,15,17). The van der Waals surface area contributed by atoms with Gasteiger partial charge in [-0.1, -0.05) is 25.9 Å². The first kappa shape index (κ1) is 16.7. The Hall–Kier alpha value is -1.30. The van der Waals surface area contributed by atoms with Crippen LogP contribution in [0.3, 0.4) is 0 Å². The molecule has 0 radical (unpaired) electrons. The van der Waals surface area contributed by atoms with Crippen molar-refractivity contribution in [3.63, 3.8) is 0 Å². The summed E-state index contributed by atoms with van der Waals surface area (Å²) in [5.74, 6) is 0.200. The van der Waals surface area contributed by atoms with Crippen molar-refractivity contribution >= 4 is 11.7 Å². The minimum absolute atomic E-state index is 0.00143. The highest BCUT2D eigenvalue weighted by Gasteiger charge is 2.23. The zero-order chi connectivity index (χ0) is 14.2. The summed E-state index contributed by atoms with van der Waals surface area (Å²) in [6, 6.07) is -0.236. The molecule has 0 saturated carbocycles. The molecule has 0 fully saturated rings. The van der Waals surface area contributed by atoms with Crippen molar-refractivity contribution in [1.82, 2.24) is 10.6 Å². The van der Waals surface area contributed by atoms with E-state index in [1.807, 2.05) is 27.7 Å². The topological polar surface area (TPSA) is 99.7 Å². The van der Waals surface area contributed by atoms with Crippen LogP contribution in [0, 0.1) is 5.41 Å². The van der Waals surface area contributed by atoms with Gasteiger partial charge in [0.05, 0.1) is 6.04 Å². The molecule has 0 aliphatic heterocycles. The van der Waals surface area contributed by atoms with Gasteiger partial charge in [-0.25, -0.2) is 0 Å². The van der Waals surface area contributed by atoms with Crippen LogP contribution in [0.25, 0.3) is 0 Å². The molecule has 0 heterocycles. The molecule has 18 heavy (non-hydrogen) atoms. The molecule has 0 bridgehead atoms. The monoisotopic (exact) mass is 258 g/mol. The first-order chi connectivity index (χ1) is 8.35. The van der Waals surface area contributed by atoms with Gasteiger partial charge in [-0.2, -0.15) is 0 Å². The molecular weight excluding hydrogens is 232 g/mol. The molecule has 6 heteroatoms. The van der Waals surface area contributed by atoms with Crippen LogP contribution in [0.5, 0.6) is 0 Å². The number of rotatable bonds is 8. The minimum Gasteiger partial charge on any atom is -0.409 e. The third kappa shape index (κ3) is 5.86. The summed E-state index contributed by atoms with van der Waals surface area (Å²) in [5.41, 5.74) is 5.20.